The second-order valence-corrected chi connectivity index (χ2v) is 3.72. The van der Waals surface area contributed by atoms with Crippen LogP contribution in [0, 0.1) is 0 Å². The minimum Gasteiger partial charge on any atom is -0.399 e. The van der Waals surface area contributed by atoms with E-state index in [9.17, 15) is 0 Å². The zero-order chi connectivity index (χ0) is 9.10. The Morgan fingerprint density at radius 2 is 1.64 bits per heavy atom. The highest BCUT2D eigenvalue weighted by molar-refractivity contribution is 5.85. The van der Waals surface area contributed by atoms with E-state index in [1.165, 1.54) is 31.5 Å². The molecule has 1 fully saturated rings. The standard InChI is InChI=1S/C11H16N2.ClH/c12-11-5-3-10(4-6-11)9-13-7-1-2-8-13;/h3-6H,1-2,7-9,12H2;1H. The van der Waals surface area contributed by atoms with Crippen molar-refractivity contribution in [2.75, 3.05) is 18.8 Å². The molecule has 0 spiro atoms. The van der Waals surface area contributed by atoms with Crippen LogP contribution >= 0.6 is 12.4 Å². The van der Waals surface area contributed by atoms with Crippen molar-refractivity contribution >= 4 is 18.1 Å². The molecule has 0 aliphatic carbocycles. The van der Waals surface area contributed by atoms with Gasteiger partial charge in [0, 0.05) is 12.2 Å². The topological polar surface area (TPSA) is 29.3 Å². The van der Waals surface area contributed by atoms with Gasteiger partial charge in [-0.15, -0.1) is 12.4 Å². The molecule has 1 saturated heterocycles. The highest BCUT2D eigenvalue weighted by atomic mass is 35.5. The zero-order valence-corrected chi connectivity index (χ0v) is 9.09. The molecule has 3 heteroatoms. The summed E-state index contributed by atoms with van der Waals surface area (Å²) >= 11 is 0. The molecule has 78 valence electrons. The van der Waals surface area contributed by atoms with E-state index in [0.717, 1.165) is 12.2 Å². The van der Waals surface area contributed by atoms with Crippen LogP contribution in [0.5, 0.6) is 0 Å². The third-order valence-corrected chi connectivity index (χ3v) is 2.58. The smallest absolute Gasteiger partial charge is 0.0314 e. The number of benzene rings is 1. The lowest BCUT2D eigenvalue weighted by molar-refractivity contribution is 0.331. The Kier molecular flexibility index (Phi) is 4.23. The maximum absolute atomic E-state index is 5.62. The Morgan fingerprint density at radius 1 is 1.07 bits per heavy atom. The van der Waals surface area contributed by atoms with Crippen LogP contribution in [0.4, 0.5) is 5.69 Å². The average Bonchev–Trinajstić information content (AvgIpc) is 2.62. The Labute approximate surface area is 91.5 Å². The quantitative estimate of drug-likeness (QED) is 0.763. The number of hydrogen-bond acceptors (Lipinski definition) is 2. The van der Waals surface area contributed by atoms with Crippen molar-refractivity contribution in [1.29, 1.82) is 0 Å². The second-order valence-electron chi connectivity index (χ2n) is 3.72. The number of halogens is 1. The maximum atomic E-state index is 5.62. The summed E-state index contributed by atoms with van der Waals surface area (Å²) in [4.78, 5) is 2.49. The first-order valence-electron chi connectivity index (χ1n) is 4.91. The molecule has 0 atom stereocenters. The molecule has 1 aliphatic rings. The minimum absolute atomic E-state index is 0. The van der Waals surface area contributed by atoms with Crippen LogP contribution in [-0.4, -0.2) is 18.0 Å². The lowest BCUT2D eigenvalue weighted by atomic mass is 10.2. The van der Waals surface area contributed by atoms with E-state index in [0.29, 0.717) is 0 Å². The van der Waals surface area contributed by atoms with Crippen LogP contribution in [0.15, 0.2) is 24.3 Å². The van der Waals surface area contributed by atoms with Gasteiger partial charge < -0.3 is 5.73 Å². The van der Waals surface area contributed by atoms with Gasteiger partial charge in [-0.05, 0) is 43.6 Å². The molecule has 0 bridgehead atoms. The second kappa shape index (κ2) is 5.23. The lowest BCUT2D eigenvalue weighted by Crippen LogP contribution is -2.18. The molecule has 2 rings (SSSR count). The van der Waals surface area contributed by atoms with Crippen molar-refractivity contribution in [3.8, 4) is 0 Å². The molecule has 0 saturated carbocycles. The summed E-state index contributed by atoms with van der Waals surface area (Å²) in [5.41, 5.74) is 7.84. The lowest BCUT2D eigenvalue weighted by Gasteiger charge is -2.14. The maximum Gasteiger partial charge on any atom is 0.0314 e. The summed E-state index contributed by atoms with van der Waals surface area (Å²) in [6, 6.07) is 8.19. The van der Waals surface area contributed by atoms with Crippen molar-refractivity contribution in [2.24, 2.45) is 0 Å². The molecule has 0 unspecified atom stereocenters. The van der Waals surface area contributed by atoms with Crippen LogP contribution in [0.25, 0.3) is 0 Å². The predicted molar refractivity (Wildman–Crippen MR) is 62.6 cm³/mol. The van der Waals surface area contributed by atoms with Gasteiger partial charge in [-0.25, -0.2) is 0 Å². The summed E-state index contributed by atoms with van der Waals surface area (Å²) < 4.78 is 0. The van der Waals surface area contributed by atoms with Crippen LogP contribution in [0.3, 0.4) is 0 Å². The predicted octanol–water partition coefficient (Wildman–Crippen LogP) is 2.29. The Balaban J connectivity index is 0.000000980. The van der Waals surface area contributed by atoms with E-state index in [1.54, 1.807) is 0 Å². The summed E-state index contributed by atoms with van der Waals surface area (Å²) in [5, 5.41) is 0. The average molecular weight is 213 g/mol. The summed E-state index contributed by atoms with van der Waals surface area (Å²) in [6.45, 7) is 3.59. The monoisotopic (exact) mass is 212 g/mol. The van der Waals surface area contributed by atoms with E-state index >= 15 is 0 Å². The summed E-state index contributed by atoms with van der Waals surface area (Å²) in [6.07, 6.45) is 2.71. The van der Waals surface area contributed by atoms with E-state index in [4.69, 9.17) is 5.73 Å². The van der Waals surface area contributed by atoms with Crippen molar-refractivity contribution in [1.82, 2.24) is 4.90 Å². The van der Waals surface area contributed by atoms with Gasteiger partial charge in [0.2, 0.25) is 0 Å². The van der Waals surface area contributed by atoms with E-state index < -0.39 is 0 Å². The van der Waals surface area contributed by atoms with Crippen molar-refractivity contribution in [2.45, 2.75) is 19.4 Å². The molecule has 2 N–H and O–H groups in total. The molecular formula is C11H17ClN2. The molecule has 1 aromatic carbocycles. The number of nitrogens with two attached hydrogens (primary N) is 1. The third kappa shape index (κ3) is 2.89. The number of nitrogens with zero attached hydrogens (tertiary/aromatic N) is 1. The van der Waals surface area contributed by atoms with Crippen LogP contribution in [0.2, 0.25) is 0 Å². The molecule has 1 aliphatic heterocycles. The first-order chi connectivity index (χ1) is 6.34. The van der Waals surface area contributed by atoms with Gasteiger partial charge in [-0.3, -0.25) is 4.90 Å². The number of anilines is 1. The molecule has 14 heavy (non-hydrogen) atoms. The van der Waals surface area contributed by atoms with E-state index in [2.05, 4.69) is 17.0 Å². The number of hydrogen-bond donors (Lipinski definition) is 1. The SMILES string of the molecule is Cl.Nc1ccc(CN2CCCC2)cc1. The van der Waals surface area contributed by atoms with Gasteiger partial charge in [0.1, 0.15) is 0 Å². The number of likely N-dealkylation sites (tertiary alicyclic amines) is 1. The van der Waals surface area contributed by atoms with Gasteiger partial charge >= 0.3 is 0 Å². The molecule has 0 amide bonds. The largest absolute Gasteiger partial charge is 0.399 e. The van der Waals surface area contributed by atoms with Gasteiger partial charge in [0.05, 0.1) is 0 Å². The molecule has 1 aromatic rings. The first-order valence-corrected chi connectivity index (χ1v) is 4.91. The zero-order valence-electron chi connectivity index (χ0n) is 8.28. The summed E-state index contributed by atoms with van der Waals surface area (Å²) in [7, 11) is 0. The Hall–Kier alpha value is -0.730. The molecule has 1 heterocycles. The van der Waals surface area contributed by atoms with Crippen molar-refractivity contribution in [3.63, 3.8) is 0 Å². The fourth-order valence-electron chi connectivity index (χ4n) is 1.82. The molecule has 0 radical (unpaired) electrons. The Bertz CT molecular complexity index is 265. The van der Waals surface area contributed by atoms with E-state index in [-0.39, 0.29) is 12.4 Å². The van der Waals surface area contributed by atoms with Crippen LogP contribution in [0.1, 0.15) is 18.4 Å². The molecular weight excluding hydrogens is 196 g/mol. The first kappa shape index (κ1) is 11.3. The molecule has 0 aromatic heterocycles. The molecule has 2 nitrogen and oxygen atoms in total. The van der Waals surface area contributed by atoms with Crippen LogP contribution < -0.4 is 5.73 Å². The normalized spacial score (nSPS) is 16.6. The van der Waals surface area contributed by atoms with Gasteiger partial charge in [0.15, 0.2) is 0 Å². The number of rotatable bonds is 2. The van der Waals surface area contributed by atoms with Gasteiger partial charge in [-0.2, -0.15) is 0 Å². The van der Waals surface area contributed by atoms with E-state index in [1.807, 2.05) is 12.1 Å². The number of nitrogen functional groups attached to an aromatic ring is 1. The minimum atomic E-state index is 0. The van der Waals surface area contributed by atoms with Crippen molar-refractivity contribution < 1.29 is 0 Å². The Morgan fingerprint density at radius 3 is 2.21 bits per heavy atom. The van der Waals surface area contributed by atoms with Crippen molar-refractivity contribution in [3.05, 3.63) is 29.8 Å². The highest BCUT2D eigenvalue weighted by Gasteiger charge is 2.10. The van der Waals surface area contributed by atoms with Crippen LogP contribution in [-0.2, 0) is 6.54 Å². The third-order valence-electron chi connectivity index (χ3n) is 2.58. The van der Waals surface area contributed by atoms with Gasteiger partial charge in [0.25, 0.3) is 0 Å². The highest BCUT2D eigenvalue weighted by Crippen LogP contribution is 2.13. The fraction of sp³-hybridized carbons (Fsp3) is 0.455. The fourth-order valence-corrected chi connectivity index (χ4v) is 1.82. The summed E-state index contributed by atoms with van der Waals surface area (Å²) in [5.74, 6) is 0. The van der Waals surface area contributed by atoms with Gasteiger partial charge in [-0.1, -0.05) is 12.1 Å².